The molecule has 0 aliphatic carbocycles. The van der Waals surface area contributed by atoms with E-state index >= 15 is 0 Å². The van der Waals surface area contributed by atoms with E-state index in [-0.39, 0.29) is 0 Å². The minimum Gasteiger partial charge on any atom is -0.397 e. The molecule has 1 aromatic carbocycles. The largest absolute Gasteiger partial charge is 0.397 e. The first kappa shape index (κ1) is 12.3. The highest BCUT2D eigenvalue weighted by Crippen LogP contribution is 2.22. The van der Waals surface area contributed by atoms with Gasteiger partial charge < -0.3 is 11.1 Å². The van der Waals surface area contributed by atoms with Gasteiger partial charge in [0.25, 0.3) is 0 Å². The van der Waals surface area contributed by atoms with Crippen molar-refractivity contribution in [2.75, 3.05) is 29.1 Å². The number of nitrogens with one attached hydrogen (secondary N) is 1. The van der Waals surface area contributed by atoms with Gasteiger partial charge in [-0.1, -0.05) is 18.5 Å². The number of nitrogens with two attached hydrogens (primary N) is 1. The van der Waals surface area contributed by atoms with Crippen molar-refractivity contribution in [3.8, 4) is 0 Å². The number of halogens is 1. The lowest BCUT2D eigenvalue weighted by atomic mass is 10.3. The normalized spacial score (nSPS) is 12.4. The molecule has 0 aliphatic rings. The third-order valence-corrected chi connectivity index (χ3v) is 3.52. The van der Waals surface area contributed by atoms with Gasteiger partial charge in [0, 0.05) is 33.9 Å². The van der Waals surface area contributed by atoms with E-state index in [1.54, 1.807) is 18.2 Å². The van der Waals surface area contributed by atoms with Crippen molar-refractivity contribution in [1.82, 2.24) is 0 Å². The number of rotatable bonds is 5. The molecular formula is C10H15ClN2OS. The lowest BCUT2D eigenvalue weighted by Gasteiger charge is -2.08. The van der Waals surface area contributed by atoms with Crippen LogP contribution in [0.1, 0.15) is 6.92 Å². The van der Waals surface area contributed by atoms with Crippen LogP contribution >= 0.6 is 11.6 Å². The Bertz CT molecular complexity index is 357. The van der Waals surface area contributed by atoms with Crippen molar-refractivity contribution in [3.63, 3.8) is 0 Å². The maximum absolute atomic E-state index is 11.2. The molecular weight excluding hydrogens is 232 g/mol. The number of hydrogen-bond donors (Lipinski definition) is 2. The van der Waals surface area contributed by atoms with Crippen molar-refractivity contribution in [2.24, 2.45) is 0 Å². The van der Waals surface area contributed by atoms with E-state index in [2.05, 4.69) is 5.32 Å². The Balaban J connectivity index is 2.50. The molecule has 0 radical (unpaired) electrons. The smallest absolute Gasteiger partial charge is 0.0589 e. The van der Waals surface area contributed by atoms with Crippen LogP contribution in [0.25, 0.3) is 0 Å². The Morgan fingerprint density at radius 1 is 1.53 bits per heavy atom. The number of benzene rings is 1. The lowest BCUT2D eigenvalue weighted by molar-refractivity contribution is 0.684. The fourth-order valence-electron chi connectivity index (χ4n) is 1.13. The molecule has 0 saturated carbocycles. The van der Waals surface area contributed by atoms with Gasteiger partial charge in [-0.05, 0) is 18.2 Å². The highest BCUT2D eigenvalue weighted by atomic mass is 35.5. The van der Waals surface area contributed by atoms with Crippen LogP contribution in [0.2, 0.25) is 5.02 Å². The Morgan fingerprint density at radius 3 is 2.93 bits per heavy atom. The molecule has 1 rings (SSSR count). The molecule has 0 spiro atoms. The number of nitrogen functional groups attached to an aromatic ring is 1. The fourth-order valence-corrected chi connectivity index (χ4v) is 1.92. The van der Waals surface area contributed by atoms with Gasteiger partial charge >= 0.3 is 0 Å². The Labute approximate surface area is 97.5 Å². The molecule has 1 unspecified atom stereocenters. The molecule has 0 fully saturated rings. The summed E-state index contributed by atoms with van der Waals surface area (Å²) in [6.07, 6.45) is 0. The van der Waals surface area contributed by atoms with E-state index in [0.29, 0.717) is 28.8 Å². The van der Waals surface area contributed by atoms with E-state index in [4.69, 9.17) is 17.3 Å². The summed E-state index contributed by atoms with van der Waals surface area (Å²) in [4.78, 5) is 0. The zero-order valence-electron chi connectivity index (χ0n) is 8.63. The summed E-state index contributed by atoms with van der Waals surface area (Å²) in [5, 5.41) is 3.76. The fraction of sp³-hybridized carbons (Fsp3) is 0.400. The molecule has 0 heterocycles. The molecule has 0 amide bonds. The SMILES string of the molecule is CCS(=O)CCNc1cc(Cl)ccc1N. The molecule has 0 aliphatic heterocycles. The second-order valence-electron chi connectivity index (χ2n) is 3.09. The standard InChI is InChI=1S/C10H15ClN2OS/c1-2-15(14)6-5-13-10-7-8(11)3-4-9(10)12/h3-4,7,13H,2,5-6,12H2,1H3. The van der Waals surface area contributed by atoms with E-state index in [1.807, 2.05) is 6.92 Å². The quantitative estimate of drug-likeness (QED) is 0.783. The van der Waals surface area contributed by atoms with Crippen molar-refractivity contribution in [1.29, 1.82) is 0 Å². The van der Waals surface area contributed by atoms with Crippen LogP contribution < -0.4 is 11.1 Å². The second kappa shape index (κ2) is 5.98. The first-order valence-electron chi connectivity index (χ1n) is 4.77. The maximum atomic E-state index is 11.2. The summed E-state index contributed by atoms with van der Waals surface area (Å²) in [6.45, 7) is 2.55. The number of anilines is 2. The van der Waals surface area contributed by atoms with Crippen LogP contribution in [0.5, 0.6) is 0 Å². The highest BCUT2D eigenvalue weighted by molar-refractivity contribution is 7.84. The molecule has 84 valence electrons. The summed E-state index contributed by atoms with van der Waals surface area (Å²) in [7, 11) is -0.749. The first-order chi connectivity index (χ1) is 7.13. The van der Waals surface area contributed by atoms with Crippen LogP contribution in [0.15, 0.2) is 18.2 Å². The Kier molecular flexibility index (Phi) is 4.91. The molecule has 5 heteroatoms. The van der Waals surface area contributed by atoms with Crippen LogP contribution in [-0.2, 0) is 10.8 Å². The Hall–Kier alpha value is -0.740. The van der Waals surface area contributed by atoms with Crippen LogP contribution in [0.3, 0.4) is 0 Å². The highest BCUT2D eigenvalue weighted by Gasteiger charge is 2.00. The third-order valence-electron chi connectivity index (χ3n) is 1.98. The van der Waals surface area contributed by atoms with Crippen molar-refractivity contribution >= 4 is 33.8 Å². The minimum absolute atomic E-state index is 0.627. The average molecular weight is 247 g/mol. The second-order valence-corrected chi connectivity index (χ2v) is 5.39. The molecule has 1 aromatic rings. The van der Waals surface area contributed by atoms with Gasteiger partial charge in [0.05, 0.1) is 11.4 Å². The zero-order valence-corrected chi connectivity index (χ0v) is 10.2. The van der Waals surface area contributed by atoms with E-state index in [0.717, 1.165) is 5.69 Å². The van der Waals surface area contributed by atoms with Gasteiger partial charge in [0.1, 0.15) is 0 Å². The first-order valence-corrected chi connectivity index (χ1v) is 6.64. The van der Waals surface area contributed by atoms with Crippen molar-refractivity contribution in [3.05, 3.63) is 23.2 Å². The molecule has 3 nitrogen and oxygen atoms in total. The summed E-state index contributed by atoms with van der Waals surface area (Å²) >= 11 is 5.83. The van der Waals surface area contributed by atoms with Gasteiger partial charge in [0.2, 0.25) is 0 Å². The summed E-state index contributed by atoms with van der Waals surface area (Å²) in [6, 6.07) is 5.26. The molecule has 15 heavy (non-hydrogen) atoms. The van der Waals surface area contributed by atoms with Gasteiger partial charge in [-0.2, -0.15) is 0 Å². The molecule has 0 bridgehead atoms. The van der Waals surface area contributed by atoms with Gasteiger partial charge in [-0.15, -0.1) is 0 Å². The number of hydrogen-bond acceptors (Lipinski definition) is 3. The van der Waals surface area contributed by atoms with Crippen molar-refractivity contribution < 1.29 is 4.21 Å². The van der Waals surface area contributed by atoms with Crippen molar-refractivity contribution in [2.45, 2.75) is 6.92 Å². The summed E-state index contributed by atoms with van der Waals surface area (Å²) in [5.41, 5.74) is 7.20. The van der Waals surface area contributed by atoms with Crippen LogP contribution in [0.4, 0.5) is 11.4 Å². The van der Waals surface area contributed by atoms with Crippen LogP contribution in [-0.4, -0.2) is 22.3 Å². The molecule has 0 saturated heterocycles. The molecule has 1 atom stereocenters. The van der Waals surface area contributed by atoms with E-state index in [9.17, 15) is 4.21 Å². The predicted molar refractivity (Wildman–Crippen MR) is 67.9 cm³/mol. The van der Waals surface area contributed by atoms with E-state index < -0.39 is 10.8 Å². The topological polar surface area (TPSA) is 55.1 Å². The maximum Gasteiger partial charge on any atom is 0.0589 e. The van der Waals surface area contributed by atoms with Gasteiger partial charge in [0.15, 0.2) is 0 Å². The predicted octanol–water partition coefficient (Wildman–Crippen LogP) is 2.10. The molecule has 3 N–H and O–H groups in total. The minimum atomic E-state index is -0.749. The van der Waals surface area contributed by atoms with Gasteiger partial charge in [-0.3, -0.25) is 4.21 Å². The van der Waals surface area contributed by atoms with Crippen LogP contribution in [0, 0.1) is 0 Å². The van der Waals surface area contributed by atoms with Gasteiger partial charge in [-0.25, -0.2) is 0 Å². The zero-order chi connectivity index (χ0) is 11.3. The monoisotopic (exact) mass is 246 g/mol. The van der Waals surface area contributed by atoms with E-state index in [1.165, 1.54) is 0 Å². The Morgan fingerprint density at radius 2 is 2.27 bits per heavy atom. The lowest BCUT2D eigenvalue weighted by Crippen LogP contribution is -2.12. The molecule has 0 aromatic heterocycles. The summed E-state index contributed by atoms with van der Waals surface area (Å²) < 4.78 is 11.2. The third kappa shape index (κ3) is 4.10. The summed E-state index contributed by atoms with van der Waals surface area (Å²) in [5.74, 6) is 1.31. The average Bonchev–Trinajstić information content (AvgIpc) is 2.23.